The highest BCUT2D eigenvalue weighted by Crippen LogP contribution is 2.31. The summed E-state index contributed by atoms with van der Waals surface area (Å²) in [7, 11) is 0. The topological polar surface area (TPSA) is 170 Å². The molecule has 0 aliphatic carbocycles. The molecule has 0 heterocycles. The average Bonchev–Trinajstić information content (AvgIpc) is 2.90. The maximum Gasteiger partial charge on any atom is 0.513 e. The van der Waals surface area contributed by atoms with Crippen molar-refractivity contribution in [1.82, 2.24) is 0 Å². The fourth-order valence-corrected chi connectivity index (χ4v) is 4.06. The molecule has 238 valence electrons. The lowest BCUT2D eigenvalue weighted by molar-refractivity contribution is -0.144. The Morgan fingerprint density at radius 1 is 0.786 bits per heavy atom. The van der Waals surface area contributed by atoms with E-state index in [9.17, 15) is 24.3 Å². The molecule has 3 N–H and O–H groups in total. The maximum atomic E-state index is 12.3. The van der Waals surface area contributed by atoms with Crippen LogP contribution >= 0.6 is 0 Å². The van der Waals surface area contributed by atoms with E-state index in [1.165, 1.54) is 25.1 Å². The Balaban J connectivity index is 3.07. The fourth-order valence-electron chi connectivity index (χ4n) is 4.06. The molecule has 0 amide bonds. The molecule has 1 aromatic carbocycles. The molecular formula is C30H47NO11. The van der Waals surface area contributed by atoms with Gasteiger partial charge in [-0.25, -0.2) is 14.4 Å². The normalized spacial score (nSPS) is 13.7. The number of benzene rings is 1. The van der Waals surface area contributed by atoms with E-state index in [4.69, 9.17) is 34.2 Å². The van der Waals surface area contributed by atoms with Gasteiger partial charge in [0.15, 0.2) is 11.5 Å². The van der Waals surface area contributed by atoms with Crippen LogP contribution in [0.5, 0.6) is 11.5 Å². The van der Waals surface area contributed by atoms with Crippen molar-refractivity contribution in [3.63, 3.8) is 0 Å². The minimum Gasteiger partial charge on any atom is -0.480 e. The Kier molecular flexibility index (Phi) is 17.0. The van der Waals surface area contributed by atoms with Crippen LogP contribution in [0.1, 0.15) is 98.0 Å². The van der Waals surface area contributed by atoms with Crippen molar-refractivity contribution in [2.75, 3.05) is 13.2 Å². The Hall–Kier alpha value is -3.54. The number of ether oxygens (including phenoxy) is 6. The number of carbonyl (C=O) groups is 4. The molecule has 0 aromatic heterocycles. The van der Waals surface area contributed by atoms with E-state index < -0.39 is 36.1 Å². The van der Waals surface area contributed by atoms with E-state index >= 15 is 0 Å². The number of rotatable bonds is 19. The summed E-state index contributed by atoms with van der Waals surface area (Å²) in [6, 6.07) is 4.16. The van der Waals surface area contributed by atoms with Gasteiger partial charge in [0.25, 0.3) is 0 Å². The molecule has 42 heavy (non-hydrogen) atoms. The molecule has 2 unspecified atom stereocenters. The second kappa shape index (κ2) is 19.6. The third kappa shape index (κ3) is 14.4. The van der Waals surface area contributed by atoms with Crippen molar-refractivity contribution in [2.24, 2.45) is 5.73 Å². The predicted octanol–water partition coefficient (Wildman–Crippen LogP) is 6.54. The van der Waals surface area contributed by atoms with Crippen LogP contribution in [0.3, 0.4) is 0 Å². The van der Waals surface area contributed by atoms with Gasteiger partial charge in [0.2, 0.25) is 0 Å². The first-order chi connectivity index (χ1) is 19.9. The highest BCUT2D eigenvalue weighted by atomic mass is 16.7. The summed E-state index contributed by atoms with van der Waals surface area (Å²) in [5.74, 6) is -1.63. The number of unbranched alkanes of at least 4 members (excludes halogenated alkanes) is 4. The second-order valence-corrected chi connectivity index (χ2v) is 10.3. The zero-order valence-electron chi connectivity index (χ0n) is 25.5. The van der Waals surface area contributed by atoms with Crippen LogP contribution in [-0.2, 0) is 30.2 Å². The number of carboxylic acid groups (broad SMARTS) is 1. The van der Waals surface area contributed by atoms with Crippen LogP contribution in [0, 0.1) is 0 Å². The SMILES string of the molecule is CCCCCOC(=O)Oc1ccc(CC(N)(C[C@H](C)OC(=O)OC(C)CCC)C(=O)O)cc1OC(=O)OCCCCC. The zero-order chi connectivity index (χ0) is 31.5. The van der Waals surface area contributed by atoms with Crippen molar-refractivity contribution < 1.29 is 52.7 Å². The van der Waals surface area contributed by atoms with E-state index in [0.717, 1.165) is 32.1 Å². The van der Waals surface area contributed by atoms with Gasteiger partial charge in [-0.3, -0.25) is 4.79 Å². The molecule has 0 saturated heterocycles. The molecule has 0 aliphatic heterocycles. The first kappa shape index (κ1) is 36.5. The Morgan fingerprint density at radius 3 is 1.86 bits per heavy atom. The van der Waals surface area contributed by atoms with Crippen LogP contribution in [-0.4, -0.2) is 60.5 Å². The average molecular weight is 598 g/mol. The Morgan fingerprint density at radius 2 is 1.33 bits per heavy atom. The lowest BCUT2D eigenvalue weighted by Gasteiger charge is -2.28. The molecular weight excluding hydrogens is 550 g/mol. The lowest BCUT2D eigenvalue weighted by atomic mass is 9.86. The molecule has 0 bridgehead atoms. The molecule has 0 saturated carbocycles. The largest absolute Gasteiger partial charge is 0.513 e. The molecule has 12 heteroatoms. The summed E-state index contributed by atoms with van der Waals surface area (Å²) in [5.41, 5.74) is 4.76. The van der Waals surface area contributed by atoms with Crippen molar-refractivity contribution in [3.8, 4) is 11.5 Å². The zero-order valence-corrected chi connectivity index (χ0v) is 25.5. The van der Waals surface area contributed by atoms with E-state index in [1.807, 2.05) is 20.8 Å². The molecule has 12 nitrogen and oxygen atoms in total. The summed E-state index contributed by atoms with van der Waals surface area (Å²) >= 11 is 0. The fraction of sp³-hybridized carbons (Fsp3) is 0.667. The summed E-state index contributed by atoms with van der Waals surface area (Å²) in [6.45, 7) is 9.54. The van der Waals surface area contributed by atoms with Gasteiger partial charge in [-0.1, -0.05) is 58.9 Å². The predicted molar refractivity (Wildman–Crippen MR) is 154 cm³/mol. The van der Waals surface area contributed by atoms with Crippen LogP contribution in [0.25, 0.3) is 0 Å². The minimum absolute atomic E-state index is 0.122. The van der Waals surface area contributed by atoms with Crippen LogP contribution < -0.4 is 15.2 Å². The van der Waals surface area contributed by atoms with E-state index in [1.54, 1.807) is 6.92 Å². The Labute approximate surface area is 248 Å². The monoisotopic (exact) mass is 597 g/mol. The van der Waals surface area contributed by atoms with Crippen LogP contribution in [0.4, 0.5) is 14.4 Å². The summed E-state index contributed by atoms with van der Waals surface area (Å²) < 4.78 is 31.1. The van der Waals surface area contributed by atoms with Gasteiger partial charge in [0, 0.05) is 12.8 Å². The highest BCUT2D eigenvalue weighted by molar-refractivity contribution is 5.79. The molecule has 3 atom stereocenters. The molecule has 0 aliphatic rings. The van der Waals surface area contributed by atoms with Crippen molar-refractivity contribution in [2.45, 2.75) is 117 Å². The van der Waals surface area contributed by atoms with Gasteiger partial charge in [-0.15, -0.1) is 0 Å². The van der Waals surface area contributed by atoms with E-state index in [-0.39, 0.29) is 43.7 Å². The number of nitrogens with two attached hydrogens (primary N) is 1. The van der Waals surface area contributed by atoms with E-state index in [0.29, 0.717) is 24.8 Å². The number of aliphatic carboxylic acids is 1. The quantitative estimate of drug-likeness (QED) is 0.0764. The van der Waals surface area contributed by atoms with Crippen LogP contribution in [0.2, 0.25) is 0 Å². The number of hydrogen-bond donors (Lipinski definition) is 2. The van der Waals surface area contributed by atoms with Gasteiger partial charge in [0.1, 0.15) is 17.7 Å². The third-order valence-electron chi connectivity index (χ3n) is 6.22. The molecule has 0 fully saturated rings. The summed E-state index contributed by atoms with van der Waals surface area (Å²) in [6.07, 6.45) is 1.83. The standard InChI is InChI=1S/C30H47NO11/c1-6-9-11-16-37-27(34)41-24-15-14-23(18-25(24)42-28(35)38-17-12-10-7-2)20-30(31,26(32)33)19-22(5)40-29(36)39-21(4)13-8-3/h14-15,18,21-22H,6-13,16-17,19-20,31H2,1-5H3,(H,32,33)/t21?,22-,30?/m0/s1. The number of carboxylic acids is 1. The number of hydrogen-bond acceptors (Lipinski definition) is 11. The second-order valence-electron chi connectivity index (χ2n) is 10.3. The van der Waals surface area contributed by atoms with Gasteiger partial charge in [-0.2, -0.15) is 0 Å². The first-order valence-corrected chi connectivity index (χ1v) is 14.7. The molecule has 0 spiro atoms. The van der Waals surface area contributed by atoms with Crippen molar-refractivity contribution in [3.05, 3.63) is 23.8 Å². The first-order valence-electron chi connectivity index (χ1n) is 14.7. The third-order valence-corrected chi connectivity index (χ3v) is 6.22. The maximum absolute atomic E-state index is 12.3. The smallest absolute Gasteiger partial charge is 0.480 e. The van der Waals surface area contributed by atoms with E-state index in [2.05, 4.69) is 0 Å². The number of carbonyl (C=O) groups excluding carboxylic acids is 3. The Bertz CT molecular complexity index is 999. The molecule has 1 rings (SSSR count). The lowest BCUT2D eigenvalue weighted by Crippen LogP contribution is -2.52. The van der Waals surface area contributed by atoms with Crippen molar-refractivity contribution in [1.29, 1.82) is 0 Å². The minimum atomic E-state index is -1.87. The van der Waals surface area contributed by atoms with Gasteiger partial charge >= 0.3 is 24.4 Å². The van der Waals surface area contributed by atoms with Crippen LogP contribution in [0.15, 0.2) is 18.2 Å². The highest BCUT2D eigenvalue weighted by Gasteiger charge is 2.37. The van der Waals surface area contributed by atoms with Gasteiger partial charge in [-0.05, 0) is 50.8 Å². The summed E-state index contributed by atoms with van der Waals surface area (Å²) in [4.78, 5) is 48.8. The summed E-state index contributed by atoms with van der Waals surface area (Å²) in [5, 5.41) is 9.95. The van der Waals surface area contributed by atoms with Gasteiger partial charge < -0.3 is 39.3 Å². The van der Waals surface area contributed by atoms with Crippen molar-refractivity contribution >= 4 is 24.4 Å². The van der Waals surface area contributed by atoms with Gasteiger partial charge in [0.05, 0.1) is 13.2 Å². The molecule has 1 aromatic rings. The molecule has 0 radical (unpaired) electrons.